The summed E-state index contributed by atoms with van der Waals surface area (Å²) in [4.78, 5) is 60.7. The van der Waals surface area contributed by atoms with Crippen molar-refractivity contribution in [2.75, 3.05) is 37.1 Å². The summed E-state index contributed by atoms with van der Waals surface area (Å²) in [6.07, 6.45) is 2.36. The summed E-state index contributed by atoms with van der Waals surface area (Å²) < 4.78 is 13.5. The summed E-state index contributed by atoms with van der Waals surface area (Å²) in [6, 6.07) is 7.92. The molecule has 1 N–H and O–H groups in total. The zero-order valence-corrected chi connectivity index (χ0v) is 29.4. The number of hydrogen-bond acceptors (Lipinski definition) is 8. The van der Waals surface area contributed by atoms with Crippen molar-refractivity contribution in [3.63, 3.8) is 0 Å². The van der Waals surface area contributed by atoms with Gasteiger partial charge in [0.15, 0.2) is 5.78 Å². The monoisotopic (exact) mass is 710 g/mol. The SMILES string of the molecule is CCCCOC(=O)N(C)c1ccc2c(C(C)=O)nn(CC(=O)N3[C@H](C(=O)Nc4nc(Br)ccc4C)C[C@@]4(COCC(C)C)C[C@@H]34)c2c1. The van der Waals surface area contributed by atoms with Crippen LogP contribution in [0.5, 0.6) is 0 Å². The van der Waals surface area contributed by atoms with Crippen molar-refractivity contribution >= 4 is 62.0 Å². The molecule has 2 fully saturated rings. The molecule has 3 atom stereocenters. The fourth-order valence-electron chi connectivity index (χ4n) is 6.22. The zero-order valence-electron chi connectivity index (χ0n) is 27.8. The topological polar surface area (TPSA) is 136 Å². The lowest BCUT2D eigenvalue weighted by Gasteiger charge is -2.27. The number of ketones is 1. The van der Waals surface area contributed by atoms with Gasteiger partial charge in [-0.05, 0) is 77.9 Å². The summed E-state index contributed by atoms with van der Waals surface area (Å²) >= 11 is 3.37. The minimum atomic E-state index is -0.738. The molecule has 2 aliphatic rings. The Kier molecular flexibility index (Phi) is 10.4. The lowest BCUT2D eigenvalue weighted by atomic mass is 10.00. The van der Waals surface area contributed by atoms with E-state index in [9.17, 15) is 19.2 Å². The number of amides is 3. The van der Waals surface area contributed by atoms with E-state index in [1.165, 1.54) is 16.5 Å². The highest BCUT2D eigenvalue weighted by molar-refractivity contribution is 9.10. The number of nitrogens with zero attached hydrogens (tertiary/aromatic N) is 5. The van der Waals surface area contributed by atoms with Gasteiger partial charge >= 0.3 is 6.09 Å². The molecule has 12 nitrogen and oxygen atoms in total. The molecule has 0 bridgehead atoms. The van der Waals surface area contributed by atoms with Crippen LogP contribution in [-0.2, 0) is 25.6 Å². The molecule has 5 rings (SSSR count). The molecular weight excluding hydrogens is 668 g/mol. The van der Waals surface area contributed by atoms with Crippen molar-refractivity contribution in [1.29, 1.82) is 0 Å². The van der Waals surface area contributed by atoms with Crippen LogP contribution in [0.4, 0.5) is 16.3 Å². The number of aryl methyl sites for hydroxylation is 1. The summed E-state index contributed by atoms with van der Waals surface area (Å²) in [5.41, 5.74) is 1.76. The highest BCUT2D eigenvalue weighted by Gasteiger charge is 2.67. The van der Waals surface area contributed by atoms with Gasteiger partial charge in [-0.1, -0.05) is 33.3 Å². The van der Waals surface area contributed by atoms with E-state index in [0.29, 0.717) is 59.2 Å². The average Bonchev–Trinajstić information content (AvgIpc) is 3.43. The van der Waals surface area contributed by atoms with E-state index in [2.05, 4.69) is 45.2 Å². The van der Waals surface area contributed by atoms with E-state index in [-0.39, 0.29) is 41.3 Å². The Bertz CT molecular complexity index is 1690. The molecule has 3 heterocycles. The molecule has 0 radical (unpaired) electrons. The molecule has 3 aromatic rings. The Morgan fingerprint density at radius 2 is 1.94 bits per heavy atom. The average molecular weight is 712 g/mol. The maximum Gasteiger partial charge on any atom is 0.414 e. The van der Waals surface area contributed by atoms with Gasteiger partial charge in [0.05, 0.1) is 18.7 Å². The Morgan fingerprint density at radius 1 is 1.17 bits per heavy atom. The predicted octanol–water partition coefficient (Wildman–Crippen LogP) is 5.75. The number of piperidine rings is 1. The fraction of sp³-hybridized carbons (Fsp3) is 0.529. The van der Waals surface area contributed by atoms with Crippen LogP contribution in [0.2, 0.25) is 0 Å². The first-order chi connectivity index (χ1) is 22.3. The third kappa shape index (κ3) is 7.35. The highest BCUT2D eigenvalue weighted by Crippen LogP contribution is 2.60. The van der Waals surface area contributed by atoms with E-state index in [1.54, 1.807) is 36.2 Å². The smallest absolute Gasteiger partial charge is 0.414 e. The van der Waals surface area contributed by atoms with Gasteiger partial charge < -0.3 is 19.7 Å². The number of anilines is 2. The van der Waals surface area contributed by atoms with Crippen molar-refractivity contribution in [3.8, 4) is 0 Å². The lowest BCUT2D eigenvalue weighted by Crippen LogP contribution is -2.47. The number of aromatic nitrogens is 3. The number of ether oxygens (including phenoxy) is 2. The van der Waals surface area contributed by atoms with Gasteiger partial charge in [0.1, 0.15) is 28.7 Å². The number of Topliss-reactive ketones (excluding diaryl/α,β-unsaturated/α-hetero) is 1. The number of fused-ring (bicyclic) bond motifs is 2. The summed E-state index contributed by atoms with van der Waals surface area (Å²) in [7, 11) is 1.61. The summed E-state index contributed by atoms with van der Waals surface area (Å²) in [6.45, 7) is 10.6. The molecule has 2 aromatic heterocycles. The normalized spacial score (nSPS) is 20.0. The van der Waals surface area contributed by atoms with Crippen molar-refractivity contribution in [1.82, 2.24) is 19.7 Å². The van der Waals surface area contributed by atoms with Gasteiger partial charge in [-0.15, -0.1) is 0 Å². The number of rotatable bonds is 13. The van der Waals surface area contributed by atoms with Crippen LogP contribution in [0, 0.1) is 18.3 Å². The first-order valence-corrected chi connectivity index (χ1v) is 16.9. The molecular formula is C34H43BrN6O6. The zero-order chi connectivity index (χ0) is 34.0. The molecule has 1 aliphatic carbocycles. The quantitative estimate of drug-likeness (QED) is 0.135. The molecule has 13 heteroatoms. The number of likely N-dealkylation sites (tertiary alicyclic amines) is 1. The lowest BCUT2D eigenvalue weighted by molar-refractivity contribution is -0.138. The number of benzene rings is 1. The molecule has 1 saturated heterocycles. The predicted molar refractivity (Wildman–Crippen MR) is 181 cm³/mol. The maximum atomic E-state index is 14.2. The number of nitrogens with one attached hydrogen (secondary N) is 1. The van der Waals surface area contributed by atoms with Crippen molar-refractivity contribution in [3.05, 3.63) is 46.2 Å². The Labute approximate surface area is 283 Å². The van der Waals surface area contributed by atoms with E-state index in [1.807, 2.05) is 19.9 Å². The maximum absolute atomic E-state index is 14.2. The number of halogens is 1. The van der Waals surface area contributed by atoms with Crippen LogP contribution in [0.15, 0.2) is 34.9 Å². The Hall–Kier alpha value is -3.84. The van der Waals surface area contributed by atoms with Crippen molar-refractivity contribution in [2.45, 2.75) is 78.9 Å². The third-order valence-corrected chi connectivity index (χ3v) is 9.33. The van der Waals surface area contributed by atoms with Crippen LogP contribution in [-0.4, -0.2) is 82.3 Å². The molecule has 3 amide bonds. The largest absolute Gasteiger partial charge is 0.449 e. The van der Waals surface area contributed by atoms with Gasteiger partial charge in [0.25, 0.3) is 0 Å². The molecule has 1 saturated carbocycles. The van der Waals surface area contributed by atoms with E-state index < -0.39 is 12.1 Å². The van der Waals surface area contributed by atoms with Crippen molar-refractivity contribution in [2.24, 2.45) is 11.3 Å². The number of carbonyl (C=O) groups excluding carboxylic acids is 4. The van der Waals surface area contributed by atoms with Crippen LogP contribution < -0.4 is 10.2 Å². The Balaban J connectivity index is 1.43. The molecule has 1 aromatic carbocycles. The van der Waals surface area contributed by atoms with E-state index in [4.69, 9.17) is 9.47 Å². The van der Waals surface area contributed by atoms with Gasteiger partial charge in [0, 0.05) is 43.1 Å². The van der Waals surface area contributed by atoms with Gasteiger partial charge in [0.2, 0.25) is 11.8 Å². The first-order valence-electron chi connectivity index (χ1n) is 16.1. The van der Waals surface area contributed by atoms with E-state index in [0.717, 1.165) is 24.8 Å². The minimum absolute atomic E-state index is 0.164. The number of carbonyl (C=O) groups is 4. The van der Waals surface area contributed by atoms with Crippen molar-refractivity contribution < 1.29 is 28.7 Å². The van der Waals surface area contributed by atoms with Gasteiger partial charge in [-0.25, -0.2) is 9.78 Å². The number of hydrogen-bond donors (Lipinski definition) is 1. The van der Waals surface area contributed by atoms with Crippen LogP contribution >= 0.6 is 15.9 Å². The standard InChI is InChI=1S/C34H43BrN6O6/c1-7-8-13-47-33(45)39(6)23-10-11-24-25(14-23)40(38-30(24)22(5)42)17-29(43)41-26(15-34(16-27(34)41)19-46-18-20(2)3)32(44)37-31-21(4)9-12-28(35)36-31/h9-12,14,20,26-27H,7-8,13,15-19H2,1-6H3,(H,36,37,44)/t26-,27+,34-/m0/s1. The minimum Gasteiger partial charge on any atom is -0.449 e. The number of pyridine rings is 1. The molecule has 47 heavy (non-hydrogen) atoms. The molecule has 252 valence electrons. The van der Waals surface area contributed by atoms with Crippen LogP contribution in [0.25, 0.3) is 10.9 Å². The molecule has 0 unspecified atom stereocenters. The first kappa shape index (κ1) is 34.5. The second-order valence-corrected chi connectivity index (χ2v) is 13.9. The summed E-state index contributed by atoms with van der Waals surface area (Å²) in [5.74, 6) is -0.0769. The third-order valence-electron chi connectivity index (χ3n) is 8.89. The van der Waals surface area contributed by atoms with Gasteiger partial charge in [-0.2, -0.15) is 5.10 Å². The Morgan fingerprint density at radius 3 is 2.64 bits per heavy atom. The number of unbranched alkanes of at least 4 members (excludes halogenated alkanes) is 1. The molecule has 1 aliphatic heterocycles. The van der Waals surface area contributed by atoms with Crippen LogP contribution in [0.3, 0.4) is 0 Å². The fourth-order valence-corrected chi connectivity index (χ4v) is 6.53. The van der Waals surface area contributed by atoms with E-state index >= 15 is 0 Å². The van der Waals surface area contributed by atoms with Crippen LogP contribution in [0.1, 0.15) is 69.4 Å². The second-order valence-electron chi connectivity index (χ2n) is 13.1. The van der Waals surface area contributed by atoms with Gasteiger partial charge in [-0.3, -0.25) is 24.0 Å². The second kappa shape index (κ2) is 14.1. The highest BCUT2D eigenvalue weighted by atomic mass is 79.9. The summed E-state index contributed by atoms with van der Waals surface area (Å²) in [5, 5.41) is 8.04. The molecule has 0 spiro atoms.